The van der Waals surface area contributed by atoms with E-state index in [-0.39, 0.29) is 35.1 Å². The summed E-state index contributed by atoms with van der Waals surface area (Å²) in [5.41, 5.74) is 2.18. The molecule has 1 aliphatic carbocycles. The van der Waals surface area contributed by atoms with Crippen LogP contribution in [0.4, 0.5) is 11.4 Å². The van der Waals surface area contributed by atoms with Gasteiger partial charge in [-0.05, 0) is 85.3 Å². The number of imide groups is 1. The van der Waals surface area contributed by atoms with Crippen molar-refractivity contribution in [3.63, 3.8) is 0 Å². The molecule has 1 aliphatic heterocycles. The lowest BCUT2D eigenvalue weighted by Gasteiger charge is -2.28. The molecule has 0 aromatic heterocycles. The van der Waals surface area contributed by atoms with Crippen LogP contribution in [0.25, 0.3) is 0 Å². The van der Waals surface area contributed by atoms with Gasteiger partial charge < -0.3 is 14.8 Å². The summed E-state index contributed by atoms with van der Waals surface area (Å²) in [4.78, 5) is 53.2. The first-order valence-corrected chi connectivity index (χ1v) is 14.3. The van der Waals surface area contributed by atoms with Crippen LogP contribution in [0.1, 0.15) is 41.1 Å². The Kier molecular flexibility index (Phi) is 8.00. The van der Waals surface area contributed by atoms with E-state index in [1.807, 2.05) is 48.5 Å². The van der Waals surface area contributed by atoms with Crippen molar-refractivity contribution in [1.29, 1.82) is 0 Å². The zero-order chi connectivity index (χ0) is 29.8. The van der Waals surface area contributed by atoms with Crippen LogP contribution in [0.3, 0.4) is 0 Å². The second-order valence-corrected chi connectivity index (χ2v) is 10.8. The van der Waals surface area contributed by atoms with Crippen molar-refractivity contribution in [2.24, 2.45) is 11.8 Å². The van der Waals surface area contributed by atoms with E-state index in [2.05, 4.69) is 17.4 Å². The van der Waals surface area contributed by atoms with Gasteiger partial charge in [0.05, 0.1) is 23.1 Å². The third-order valence-electron chi connectivity index (χ3n) is 7.99. The molecule has 1 saturated carbocycles. The quantitative estimate of drug-likeness (QED) is 0.194. The lowest BCUT2D eigenvalue weighted by atomic mass is 9.73. The van der Waals surface area contributed by atoms with Crippen molar-refractivity contribution in [3.8, 4) is 11.5 Å². The summed E-state index contributed by atoms with van der Waals surface area (Å²) in [7, 11) is 0. The number of hydrogen-bond donors (Lipinski definition) is 1. The maximum Gasteiger partial charge on any atom is 0.338 e. The second-order valence-electron chi connectivity index (χ2n) is 10.8. The fraction of sp³-hybridized carbons (Fsp3) is 0.200. The normalized spacial score (nSPS) is 19.4. The number of nitrogens with one attached hydrogen (secondary N) is 1. The van der Waals surface area contributed by atoms with Crippen LogP contribution in [-0.4, -0.2) is 30.3 Å². The highest BCUT2D eigenvalue weighted by molar-refractivity contribution is 6.22. The SMILES string of the molecule is O=C(COC(=O)c1cccc(N2C(=O)[C@@H]3CC[C@H](c4ccccc4)C[C@H]3C2=O)c1)Nc1ccc(Oc2ccccc2)cc1. The summed E-state index contributed by atoms with van der Waals surface area (Å²) in [6.45, 7) is -0.502. The van der Waals surface area contributed by atoms with Crippen molar-refractivity contribution in [3.05, 3.63) is 120 Å². The van der Waals surface area contributed by atoms with Crippen LogP contribution in [0.15, 0.2) is 109 Å². The van der Waals surface area contributed by atoms with Gasteiger partial charge in [-0.25, -0.2) is 4.79 Å². The zero-order valence-corrected chi connectivity index (χ0v) is 23.3. The number of hydrogen-bond acceptors (Lipinski definition) is 6. The van der Waals surface area contributed by atoms with Crippen LogP contribution < -0.4 is 15.0 Å². The lowest BCUT2D eigenvalue weighted by molar-refractivity contribution is -0.122. The first-order valence-electron chi connectivity index (χ1n) is 14.3. The highest BCUT2D eigenvalue weighted by atomic mass is 16.5. The van der Waals surface area contributed by atoms with Crippen LogP contribution in [0, 0.1) is 11.8 Å². The predicted molar refractivity (Wildman–Crippen MR) is 161 cm³/mol. The fourth-order valence-electron chi connectivity index (χ4n) is 5.88. The Morgan fingerprint density at radius 2 is 1.42 bits per heavy atom. The molecule has 0 bridgehead atoms. The number of fused-ring (bicyclic) bond motifs is 1. The Hall–Kier alpha value is -5.24. The fourth-order valence-corrected chi connectivity index (χ4v) is 5.88. The highest BCUT2D eigenvalue weighted by Gasteiger charge is 2.50. The highest BCUT2D eigenvalue weighted by Crippen LogP contribution is 2.45. The van der Waals surface area contributed by atoms with Crippen LogP contribution in [0.5, 0.6) is 11.5 Å². The van der Waals surface area contributed by atoms with Crippen LogP contribution >= 0.6 is 0 Å². The molecule has 216 valence electrons. The number of para-hydroxylation sites is 1. The van der Waals surface area contributed by atoms with E-state index in [0.29, 0.717) is 35.7 Å². The molecule has 1 saturated heterocycles. The Morgan fingerprint density at radius 3 is 2.16 bits per heavy atom. The molecule has 6 rings (SSSR count). The maximum absolute atomic E-state index is 13.4. The number of nitrogens with zero attached hydrogens (tertiary/aromatic N) is 1. The largest absolute Gasteiger partial charge is 0.457 e. The van der Waals surface area contributed by atoms with E-state index in [1.165, 1.54) is 22.6 Å². The minimum atomic E-state index is -0.732. The number of carbonyl (C=O) groups excluding carboxylic acids is 4. The Labute approximate surface area is 249 Å². The van der Waals surface area contributed by atoms with Crippen molar-refractivity contribution in [1.82, 2.24) is 0 Å². The molecule has 0 radical (unpaired) electrons. The van der Waals surface area contributed by atoms with E-state index in [9.17, 15) is 19.2 Å². The molecule has 43 heavy (non-hydrogen) atoms. The molecule has 8 heteroatoms. The summed E-state index contributed by atoms with van der Waals surface area (Å²) in [6, 6.07) is 32.4. The molecule has 3 amide bonds. The van der Waals surface area contributed by atoms with Gasteiger partial charge >= 0.3 is 5.97 Å². The molecule has 3 atom stereocenters. The van der Waals surface area contributed by atoms with E-state index < -0.39 is 18.5 Å². The van der Waals surface area contributed by atoms with Crippen molar-refractivity contribution < 1.29 is 28.7 Å². The molecular weight excluding hydrogens is 544 g/mol. The minimum absolute atomic E-state index is 0.144. The second kappa shape index (κ2) is 12.3. The summed E-state index contributed by atoms with van der Waals surface area (Å²) in [5, 5.41) is 2.68. The molecule has 0 unspecified atom stereocenters. The maximum atomic E-state index is 13.4. The van der Waals surface area contributed by atoms with Crippen molar-refractivity contribution in [2.75, 3.05) is 16.8 Å². The standard InChI is InChI=1S/C35H30N2O6/c38-32(36-26-15-17-29(18-16-26)43-28-12-5-2-6-13-28)22-42-35(41)25-10-7-11-27(20-25)37-33(39)30-19-14-24(21-31(30)34(37)40)23-8-3-1-4-9-23/h1-13,15-18,20,24,30-31H,14,19,21-22H2,(H,36,38)/t24-,30+,31+/m0/s1. The van der Waals surface area contributed by atoms with Crippen LogP contribution in [-0.2, 0) is 19.1 Å². The topological polar surface area (TPSA) is 102 Å². The third kappa shape index (κ3) is 6.18. The van der Waals surface area contributed by atoms with Gasteiger partial charge in [-0.1, -0.05) is 54.6 Å². The minimum Gasteiger partial charge on any atom is -0.457 e. The van der Waals surface area contributed by atoms with E-state index in [4.69, 9.17) is 9.47 Å². The van der Waals surface area contributed by atoms with Gasteiger partial charge in [-0.15, -0.1) is 0 Å². The molecule has 1 heterocycles. The third-order valence-corrected chi connectivity index (χ3v) is 7.99. The van der Waals surface area contributed by atoms with Gasteiger partial charge in [0.25, 0.3) is 5.91 Å². The monoisotopic (exact) mass is 574 g/mol. The van der Waals surface area contributed by atoms with E-state index in [1.54, 1.807) is 36.4 Å². The molecule has 2 aliphatic rings. The van der Waals surface area contributed by atoms with Crippen molar-refractivity contribution >= 4 is 35.1 Å². The summed E-state index contributed by atoms with van der Waals surface area (Å²) < 4.78 is 11.0. The summed E-state index contributed by atoms with van der Waals surface area (Å²) in [6.07, 6.45) is 2.11. The molecule has 1 N–H and O–H groups in total. The smallest absolute Gasteiger partial charge is 0.338 e. The molecule has 2 fully saturated rings. The molecule has 8 nitrogen and oxygen atoms in total. The zero-order valence-electron chi connectivity index (χ0n) is 23.3. The first-order chi connectivity index (χ1) is 21.0. The van der Waals surface area contributed by atoms with Gasteiger partial charge in [-0.2, -0.15) is 0 Å². The molecule has 4 aromatic rings. The number of amides is 3. The van der Waals surface area contributed by atoms with E-state index >= 15 is 0 Å². The number of esters is 1. The van der Waals surface area contributed by atoms with Gasteiger partial charge in [0, 0.05) is 5.69 Å². The molecule has 4 aromatic carbocycles. The predicted octanol–water partition coefficient (Wildman–Crippen LogP) is 6.35. The summed E-state index contributed by atoms with van der Waals surface area (Å²) >= 11 is 0. The lowest BCUT2D eigenvalue weighted by Crippen LogP contribution is -2.31. The number of benzene rings is 4. The molecule has 0 spiro atoms. The Bertz CT molecular complexity index is 1640. The molecular formula is C35H30N2O6. The average molecular weight is 575 g/mol. The Morgan fingerprint density at radius 1 is 0.744 bits per heavy atom. The van der Waals surface area contributed by atoms with E-state index in [0.717, 1.165) is 6.42 Å². The number of carbonyl (C=O) groups is 4. The number of rotatable bonds is 8. The van der Waals surface area contributed by atoms with Gasteiger partial charge in [-0.3, -0.25) is 19.3 Å². The summed E-state index contributed by atoms with van der Waals surface area (Å²) in [5.74, 6) is -0.910. The number of anilines is 2. The van der Waals surface area contributed by atoms with Crippen molar-refractivity contribution in [2.45, 2.75) is 25.2 Å². The van der Waals surface area contributed by atoms with Gasteiger partial charge in [0.15, 0.2) is 6.61 Å². The van der Waals surface area contributed by atoms with Gasteiger partial charge in [0.2, 0.25) is 11.8 Å². The Balaban J connectivity index is 1.05. The van der Waals surface area contributed by atoms with Gasteiger partial charge in [0.1, 0.15) is 11.5 Å². The van der Waals surface area contributed by atoms with Crippen LogP contribution in [0.2, 0.25) is 0 Å². The first kappa shape index (κ1) is 27.9. The number of ether oxygens (including phenoxy) is 2. The average Bonchev–Trinajstić information content (AvgIpc) is 3.30.